The average Bonchev–Trinajstić information content (AvgIpc) is 1.98. The van der Waals surface area contributed by atoms with Crippen molar-refractivity contribution in [2.24, 2.45) is 0 Å². The summed E-state index contributed by atoms with van der Waals surface area (Å²) in [7, 11) is -3.33. The molecule has 0 heterocycles. The van der Waals surface area contributed by atoms with Gasteiger partial charge >= 0.3 is 37.7 Å². The Hall–Kier alpha value is 0.910. The van der Waals surface area contributed by atoms with E-state index in [0.717, 1.165) is 19.3 Å². The van der Waals surface area contributed by atoms with E-state index in [1.807, 2.05) is 0 Å². The summed E-state index contributed by atoms with van der Waals surface area (Å²) in [4.78, 5) is 0. The average molecular weight is 234 g/mol. The molecule has 0 N–H and O–H groups in total. The topological polar surface area (TPSA) is 43.4 Å². The monoisotopic (exact) mass is 234 g/mol. The Bertz CT molecular complexity index is 220. The molecule has 0 rings (SSSR count). The van der Waals surface area contributed by atoms with Gasteiger partial charge < -0.3 is 2.85 Å². The molecule has 0 aromatic carbocycles. The van der Waals surface area contributed by atoms with E-state index in [4.69, 9.17) is 0 Å². The first kappa shape index (κ1) is 16.3. The zero-order valence-corrected chi connectivity index (χ0v) is 11.2. The molecule has 0 saturated heterocycles. The SMILES string of the molecule is C=CCS(=O)(=O)OCCCCC.[Ca+2].[H-].[H-]. The van der Waals surface area contributed by atoms with E-state index in [1.54, 1.807) is 0 Å². The Balaban J connectivity index is -0.000000202. The first-order valence-electron chi connectivity index (χ1n) is 4.10. The van der Waals surface area contributed by atoms with E-state index in [1.165, 1.54) is 6.08 Å². The predicted molar refractivity (Wildman–Crippen MR) is 57.4 cm³/mol. The maximum Gasteiger partial charge on any atom is 2.00 e. The number of hydrogen-bond donors (Lipinski definition) is 0. The fourth-order valence-corrected chi connectivity index (χ4v) is 1.49. The molecule has 0 saturated carbocycles. The molecule has 0 aromatic rings. The third-order valence-corrected chi connectivity index (χ3v) is 2.50. The van der Waals surface area contributed by atoms with Gasteiger partial charge in [0.2, 0.25) is 0 Å². The van der Waals surface area contributed by atoms with Crippen LogP contribution < -0.4 is 0 Å². The Morgan fingerprint density at radius 3 is 2.54 bits per heavy atom. The second kappa shape index (κ2) is 9.46. The number of unbranched alkanes of at least 4 members (excludes halogenated alkanes) is 2. The zero-order valence-electron chi connectivity index (χ0n) is 10.2. The predicted octanol–water partition coefficient (Wildman–Crippen LogP) is 1.55. The van der Waals surface area contributed by atoms with Gasteiger partial charge in [0.1, 0.15) is 0 Å². The van der Waals surface area contributed by atoms with Crippen molar-refractivity contribution < 1.29 is 15.5 Å². The van der Waals surface area contributed by atoms with Crippen LogP contribution in [0.4, 0.5) is 0 Å². The van der Waals surface area contributed by atoms with Crippen LogP contribution in [0.5, 0.6) is 0 Å². The first-order valence-corrected chi connectivity index (χ1v) is 5.68. The molecule has 0 aliphatic carbocycles. The minimum atomic E-state index is -3.33. The molecular weight excluding hydrogens is 216 g/mol. The molecule has 76 valence electrons. The van der Waals surface area contributed by atoms with Crippen molar-refractivity contribution in [2.45, 2.75) is 26.2 Å². The van der Waals surface area contributed by atoms with Crippen LogP contribution >= 0.6 is 0 Å². The van der Waals surface area contributed by atoms with Crippen LogP contribution in [0.25, 0.3) is 0 Å². The van der Waals surface area contributed by atoms with Gasteiger partial charge in [0.15, 0.2) is 0 Å². The molecule has 5 heteroatoms. The summed E-state index contributed by atoms with van der Waals surface area (Å²) < 4.78 is 26.5. The molecule has 0 aliphatic heterocycles. The smallest absolute Gasteiger partial charge is 1.00 e. The largest absolute Gasteiger partial charge is 2.00 e. The second-order valence-corrected chi connectivity index (χ2v) is 4.23. The first-order chi connectivity index (χ1) is 5.62. The van der Waals surface area contributed by atoms with E-state index in [9.17, 15) is 8.42 Å². The third-order valence-electron chi connectivity index (χ3n) is 1.33. The zero-order chi connectivity index (χ0) is 9.45. The van der Waals surface area contributed by atoms with Crippen molar-refractivity contribution in [3.8, 4) is 0 Å². The molecule has 0 aromatic heterocycles. The Labute approximate surface area is 114 Å². The van der Waals surface area contributed by atoms with Crippen LogP contribution in [0.2, 0.25) is 0 Å². The molecule has 0 atom stereocenters. The Morgan fingerprint density at radius 1 is 1.46 bits per heavy atom. The molecule has 0 bridgehead atoms. The van der Waals surface area contributed by atoms with Crippen LogP contribution in [0.1, 0.15) is 29.0 Å². The van der Waals surface area contributed by atoms with Gasteiger partial charge in [-0.15, -0.1) is 6.58 Å². The van der Waals surface area contributed by atoms with E-state index < -0.39 is 10.1 Å². The Kier molecular flexibility index (Phi) is 11.9. The van der Waals surface area contributed by atoms with Crippen molar-refractivity contribution in [3.05, 3.63) is 12.7 Å². The fraction of sp³-hybridized carbons (Fsp3) is 0.750. The standard InChI is InChI=1S/C8H16O3S.Ca.2H/c1-3-5-6-7-11-12(9,10)8-4-2;;;/h4H,2-3,5-8H2,1H3;;;/q;+2;2*-1. The van der Waals surface area contributed by atoms with E-state index in [2.05, 4.69) is 17.7 Å². The molecule has 0 aliphatic rings. The summed E-state index contributed by atoms with van der Waals surface area (Å²) in [5.41, 5.74) is 0. The molecule has 0 radical (unpaired) electrons. The quantitative estimate of drug-likeness (QED) is 0.290. The summed E-state index contributed by atoms with van der Waals surface area (Å²) in [6.07, 6.45) is 4.19. The van der Waals surface area contributed by atoms with Crippen LogP contribution in [0, 0.1) is 0 Å². The van der Waals surface area contributed by atoms with Gasteiger partial charge in [-0.25, -0.2) is 0 Å². The van der Waals surface area contributed by atoms with Crippen LogP contribution in [-0.2, 0) is 14.3 Å². The normalized spacial score (nSPS) is 10.5. The molecule has 0 fully saturated rings. The molecule has 3 nitrogen and oxygen atoms in total. The minimum absolute atomic E-state index is 0. The van der Waals surface area contributed by atoms with Crippen LogP contribution in [-0.4, -0.2) is 58.5 Å². The number of hydrogen-bond acceptors (Lipinski definition) is 3. The summed E-state index contributed by atoms with van der Waals surface area (Å²) in [6, 6.07) is 0. The van der Waals surface area contributed by atoms with E-state index >= 15 is 0 Å². The van der Waals surface area contributed by atoms with Crippen molar-refractivity contribution in [3.63, 3.8) is 0 Å². The summed E-state index contributed by atoms with van der Waals surface area (Å²) in [5, 5.41) is 0. The minimum Gasteiger partial charge on any atom is -1.00 e. The number of rotatable bonds is 7. The molecule has 0 amide bonds. The van der Waals surface area contributed by atoms with Crippen molar-refractivity contribution in [1.82, 2.24) is 0 Å². The van der Waals surface area contributed by atoms with Crippen molar-refractivity contribution in [1.29, 1.82) is 0 Å². The summed E-state index contributed by atoms with van der Waals surface area (Å²) in [5.74, 6) is -0.0981. The van der Waals surface area contributed by atoms with Gasteiger partial charge in [0.05, 0.1) is 12.4 Å². The van der Waals surface area contributed by atoms with Crippen molar-refractivity contribution >= 4 is 47.9 Å². The second-order valence-electron chi connectivity index (χ2n) is 2.54. The fourth-order valence-electron chi connectivity index (χ4n) is 0.730. The molecule has 0 unspecified atom stereocenters. The third kappa shape index (κ3) is 10.8. The maximum absolute atomic E-state index is 10.9. The van der Waals surface area contributed by atoms with Crippen LogP contribution in [0.3, 0.4) is 0 Å². The summed E-state index contributed by atoms with van der Waals surface area (Å²) >= 11 is 0. The summed E-state index contributed by atoms with van der Waals surface area (Å²) in [6.45, 7) is 5.68. The van der Waals surface area contributed by atoms with Crippen LogP contribution in [0.15, 0.2) is 12.7 Å². The molecule has 0 spiro atoms. The van der Waals surface area contributed by atoms with Gasteiger partial charge in [-0.2, -0.15) is 8.42 Å². The van der Waals surface area contributed by atoms with Gasteiger partial charge in [-0.1, -0.05) is 25.8 Å². The van der Waals surface area contributed by atoms with E-state index in [0.29, 0.717) is 6.61 Å². The van der Waals surface area contributed by atoms with E-state index in [-0.39, 0.29) is 46.3 Å². The van der Waals surface area contributed by atoms with Crippen molar-refractivity contribution in [2.75, 3.05) is 12.4 Å². The van der Waals surface area contributed by atoms with Gasteiger partial charge in [-0.3, -0.25) is 4.18 Å². The maximum atomic E-state index is 10.9. The molecule has 13 heavy (non-hydrogen) atoms. The van der Waals surface area contributed by atoms with Gasteiger partial charge in [0.25, 0.3) is 10.1 Å². The van der Waals surface area contributed by atoms with Gasteiger partial charge in [-0.05, 0) is 6.42 Å². The Morgan fingerprint density at radius 2 is 2.08 bits per heavy atom. The molecular formula is C8H18CaO3S. The van der Waals surface area contributed by atoms with Gasteiger partial charge in [0, 0.05) is 0 Å².